The lowest BCUT2D eigenvalue weighted by Crippen LogP contribution is -2.36. The highest BCUT2D eigenvalue weighted by molar-refractivity contribution is 6.35. The van der Waals surface area contributed by atoms with Crippen molar-refractivity contribution < 1.29 is 4.79 Å². The molecular weight excluding hydrogens is 238 g/mol. The van der Waals surface area contributed by atoms with Crippen molar-refractivity contribution in [1.82, 2.24) is 15.1 Å². The average molecular weight is 252 g/mol. The van der Waals surface area contributed by atoms with Gasteiger partial charge in [0.2, 0.25) is 6.41 Å². The Labute approximate surface area is 105 Å². The van der Waals surface area contributed by atoms with Crippen LogP contribution in [0.15, 0.2) is 18.2 Å². The first-order valence-corrected chi connectivity index (χ1v) is 5.68. The van der Waals surface area contributed by atoms with Gasteiger partial charge in [0.05, 0.1) is 21.8 Å². The lowest BCUT2D eigenvalue weighted by molar-refractivity contribution is -0.111. The molecule has 0 saturated carbocycles. The van der Waals surface area contributed by atoms with Crippen LogP contribution in [0.3, 0.4) is 0 Å². The number of halogens is 1. The topological polar surface area (TPSA) is 46.9 Å². The molecule has 0 radical (unpaired) electrons. The molecule has 1 aromatic heterocycles. The number of nitrogens with one attached hydrogen (secondary N) is 1. The third-order valence-electron chi connectivity index (χ3n) is 2.83. The Hall–Kier alpha value is -1.55. The molecule has 2 aromatic rings. The average Bonchev–Trinajstić information content (AvgIpc) is 2.58. The highest BCUT2D eigenvalue weighted by Gasteiger charge is 2.26. The van der Waals surface area contributed by atoms with Crippen molar-refractivity contribution in [3.63, 3.8) is 0 Å². The summed E-state index contributed by atoms with van der Waals surface area (Å²) in [6.07, 6.45) is 0.686. The molecule has 2 rings (SSSR count). The molecule has 1 amide bonds. The molecule has 4 nitrogen and oxygen atoms in total. The van der Waals surface area contributed by atoms with Crippen molar-refractivity contribution in [3.8, 4) is 0 Å². The van der Waals surface area contributed by atoms with E-state index < -0.39 is 5.54 Å². The number of hydrogen-bond acceptors (Lipinski definition) is 2. The summed E-state index contributed by atoms with van der Waals surface area (Å²) < 4.78 is 1.74. The molecule has 0 aliphatic heterocycles. The Balaban J connectivity index is 2.72. The summed E-state index contributed by atoms with van der Waals surface area (Å²) in [5.74, 6) is 0. The highest BCUT2D eigenvalue weighted by atomic mass is 35.5. The molecule has 5 heteroatoms. The Morgan fingerprint density at radius 2 is 2.18 bits per heavy atom. The molecule has 1 heterocycles. The summed E-state index contributed by atoms with van der Waals surface area (Å²) in [4.78, 5) is 10.6. The number of nitrogens with zero attached hydrogens (tertiary/aromatic N) is 2. The van der Waals surface area contributed by atoms with Crippen LogP contribution in [0.4, 0.5) is 0 Å². The van der Waals surface area contributed by atoms with Crippen molar-refractivity contribution >= 4 is 28.9 Å². The van der Waals surface area contributed by atoms with Gasteiger partial charge < -0.3 is 5.32 Å². The van der Waals surface area contributed by atoms with Crippen LogP contribution in [-0.4, -0.2) is 16.2 Å². The van der Waals surface area contributed by atoms with Gasteiger partial charge in [0, 0.05) is 12.4 Å². The van der Waals surface area contributed by atoms with Crippen LogP contribution < -0.4 is 5.32 Å². The molecule has 0 unspecified atom stereocenters. The smallest absolute Gasteiger partial charge is 0.207 e. The van der Waals surface area contributed by atoms with E-state index >= 15 is 0 Å². The van der Waals surface area contributed by atoms with E-state index in [1.54, 1.807) is 4.68 Å². The number of amides is 1. The maximum absolute atomic E-state index is 10.6. The lowest BCUT2D eigenvalue weighted by atomic mass is 9.98. The minimum atomic E-state index is -0.522. The minimum Gasteiger partial charge on any atom is -0.348 e. The quantitative estimate of drug-likeness (QED) is 0.851. The molecule has 17 heavy (non-hydrogen) atoms. The van der Waals surface area contributed by atoms with Crippen molar-refractivity contribution in [2.24, 2.45) is 7.05 Å². The summed E-state index contributed by atoms with van der Waals surface area (Å²) in [5, 5.41) is 8.83. The van der Waals surface area contributed by atoms with Crippen LogP contribution in [0.2, 0.25) is 5.02 Å². The maximum Gasteiger partial charge on any atom is 0.207 e. The zero-order chi connectivity index (χ0) is 12.6. The van der Waals surface area contributed by atoms with Gasteiger partial charge in [-0.1, -0.05) is 23.7 Å². The second kappa shape index (κ2) is 4.04. The second-order valence-corrected chi connectivity index (χ2v) is 4.90. The van der Waals surface area contributed by atoms with Crippen molar-refractivity contribution in [3.05, 3.63) is 28.9 Å². The van der Waals surface area contributed by atoms with E-state index in [2.05, 4.69) is 10.4 Å². The van der Waals surface area contributed by atoms with Crippen LogP contribution >= 0.6 is 11.6 Å². The van der Waals surface area contributed by atoms with Crippen LogP contribution in [0.5, 0.6) is 0 Å². The van der Waals surface area contributed by atoms with E-state index in [0.29, 0.717) is 11.4 Å². The van der Waals surface area contributed by atoms with E-state index in [-0.39, 0.29) is 0 Å². The van der Waals surface area contributed by atoms with E-state index in [9.17, 15) is 4.79 Å². The number of aromatic nitrogens is 2. The first-order valence-electron chi connectivity index (χ1n) is 5.30. The fourth-order valence-corrected chi connectivity index (χ4v) is 2.26. The Kier molecular flexibility index (Phi) is 2.83. The maximum atomic E-state index is 10.6. The largest absolute Gasteiger partial charge is 0.348 e. The summed E-state index contributed by atoms with van der Waals surface area (Å²) in [6.45, 7) is 3.81. The van der Waals surface area contributed by atoms with E-state index in [1.165, 1.54) is 0 Å². The predicted octanol–water partition coefficient (Wildman–Crippen LogP) is 2.21. The third kappa shape index (κ3) is 1.89. The molecular formula is C12H14ClN3O. The number of hydrogen-bond donors (Lipinski definition) is 1. The van der Waals surface area contributed by atoms with Gasteiger partial charge in [0.15, 0.2) is 0 Å². The monoisotopic (exact) mass is 251 g/mol. The molecule has 0 atom stereocenters. The van der Waals surface area contributed by atoms with Gasteiger partial charge in [-0.15, -0.1) is 0 Å². The Morgan fingerprint density at radius 3 is 2.82 bits per heavy atom. The zero-order valence-corrected chi connectivity index (χ0v) is 10.7. The predicted molar refractivity (Wildman–Crippen MR) is 67.9 cm³/mol. The van der Waals surface area contributed by atoms with Crippen molar-refractivity contribution in [1.29, 1.82) is 0 Å². The fourth-order valence-electron chi connectivity index (χ4n) is 1.97. The fraction of sp³-hybridized carbons (Fsp3) is 0.333. The van der Waals surface area contributed by atoms with E-state index in [1.807, 2.05) is 39.1 Å². The number of rotatable bonds is 3. The first kappa shape index (κ1) is 11.9. The van der Waals surface area contributed by atoms with Crippen LogP contribution in [0.1, 0.15) is 19.5 Å². The second-order valence-electron chi connectivity index (χ2n) is 4.50. The number of fused-ring (bicyclic) bond motifs is 1. The molecule has 0 aliphatic carbocycles. The number of para-hydroxylation sites is 1. The van der Waals surface area contributed by atoms with E-state index in [4.69, 9.17) is 11.6 Å². The van der Waals surface area contributed by atoms with Crippen LogP contribution in [0.25, 0.3) is 10.9 Å². The highest BCUT2D eigenvalue weighted by Crippen LogP contribution is 2.30. The first-order chi connectivity index (χ1) is 7.97. The molecule has 0 aliphatic rings. The van der Waals surface area contributed by atoms with E-state index in [0.717, 1.165) is 16.6 Å². The normalized spacial score (nSPS) is 11.8. The molecule has 0 saturated heterocycles. The van der Waals surface area contributed by atoms with Gasteiger partial charge in [0.1, 0.15) is 0 Å². The zero-order valence-electron chi connectivity index (χ0n) is 9.99. The minimum absolute atomic E-state index is 0.522. The van der Waals surface area contributed by atoms with Gasteiger partial charge >= 0.3 is 0 Å². The van der Waals surface area contributed by atoms with Crippen molar-refractivity contribution in [2.45, 2.75) is 19.4 Å². The van der Waals surface area contributed by atoms with Gasteiger partial charge in [-0.2, -0.15) is 5.10 Å². The molecule has 90 valence electrons. The van der Waals surface area contributed by atoms with Gasteiger partial charge in [-0.3, -0.25) is 9.48 Å². The summed E-state index contributed by atoms with van der Waals surface area (Å²) >= 11 is 6.15. The Bertz CT molecular complexity index is 574. The standard InChI is InChI=1S/C12H14ClN3O/c1-12(2,14-7-17)11-8-5-4-6-9(13)10(8)16(3)15-11/h4-7H,1-3H3,(H,14,17). The summed E-state index contributed by atoms with van der Waals surface area (Å²) in [5.41, 5.74) is 1.17. The molecule has 1 N–H and O–H groups in total. The van der Waals surface area contributed by atoms with Crippen molar-refractivity contribution in [2.75, 3.05) is 0 Å². The third-order valence-corrected chi connectivity index (χ3v) is 3.13. The number of carbonyl (C=O) groups is 1. The van der Waals surface area contributed by atoms with Crippen LogP contribution in [0, 0.1) is 0 Å². The SMILES string of the molecule is Cn1nc(C(C)(C)NC=O)c2cccc(Cl)c21. The van der Waals surface area contributed by atoms with Gasteiger partial charge in [-0.25, -0.2) is 0 Å². The summed E-state index contributed by atoms with van der Waals surface area (Å²) in [7, 11) is 1.84. The number of aryl methyl sites for hydroxylation is 1. The molecule has 0 fully saturated rings. The number of benzene rings is 1. The molecule has 0 bridgehead atoms. The molecule has 0 spiro atoms. The molecule has 1 aromatic carbocycles. The summed E-state index contributed by atoms with van der Waals surface area (Å²) in [6, 6.07) is 5.67. The number of carbonyl (C=O) groups excluding carboxylic acids is 1. The Morgan fingerprint density at radius 1 is 1.47 bits per heavy atom. The van der Waals surface area contributed by atoms with Gasteiger partial charge in [-0.05, 0) is 19.9 Å². The van der Waals surface area contributed by atoms with Crippen LogP contribution in [-0.2, 0) is 17.4 Å². The van der Waals surface area contributed by atoms with Gasteiger partial charge in [0.25, 0.3) is 0 Å². The lowest BCUT2D eigenvalue weighted by Gasteiger charge is -2.21.